The van der Waals surface area contributed by atoms with Gasteiger partial charge in [-0.15, -0.1) is 0 Å². The monoisotopic (exact) mass is 387 g/mol. The lowest BCUT2D eigenvalue weighted by Gasteiger charge is -2.29. The molecule has 2 aliphatic rings. The van der Waals surface area contributed by atoms with Crippen molar-refractivity contribution in [1.29, 1.82) is 0 Å². The number of carboxylic acid groups (broad SMARTS) is 1. The highest BCUT2D eigenvalue weighted by atomic mass is 16.4. The summed E-state index contributed by atoms with van der Waals surface area (Å²) in [7, 11) is 0. The maximum atomic E-state index is 12.5. The zero-order chi connectivity index (χ0) is 20.1. The smallest absolute Gasteiger partial charge is 0.404 e. The van der Waals surface area contributed by atoms with Crippen molar-refractivity contribution in [1.82, 2.24) is 15.5 Å². The molecule has 1 aliphatic heterocycles. The summed E-state index contributed by atoms with van der Waals surface area (Å²) in [6.45, 7) is 0.109. The van der Waals surface area contributed by atoms with E-state index in [1.54, 1.807) is 0 Å². The average Bonchev–Trinajstić information content (AvgIpc) is 2.98. The molecular weight excluding hydrogens is 362 g/mol. The molecule has 1 saturated carbocycles. The van der Waals surface area contributed by atoms with Crippen molar-refractivity contribution < 1.29 is 24.6 Å². The second kappa shape index (κ2) is 8.77. The van der Waals surface area contributed by atoms with E-state index in [1.807, 2.05) is 18.2 Å². The normalized spacial score (nSPS) is 22.3. The van der Waals surface area contributed by atoms with Crippen molar-refractivity contribution in [2.45, 2.75) is 37.6 Å². The lowest BCUT2D eigenvalue weighted by Crippen LogP contribution is -2.40. The van der Waals surface area contributed by atoms with Crippen molar-refractivity contribution in [3.8, 4) is 0 Å². The molecule has 0 saturated heterocycles. The Labute approximate surface area is 163 Å². The topological polar surface area (TPSA) is 119 Å². The van der Waals surface area contributed by atoms with E-state index in [1.165, 1.54) is 10.5 Å². The number of benzene rings is 1. The second-order valence-electron chi connectivity index (χ2n) is 7.22. The van der Waals surface area contributed by atoms with Crippen molar-refractivity contribution in [3.63, 3.8) is 0 Å². The predicted molar refractivity (Wildman–Crippen MR) is 102 cm³/mol. The molecule has 0 bridgehead atoms. The minimum Gasteiger partial charge on any atom is -0.503 e. The van der Waals surface area contributed by atoms with Gasteiger partial charge in [-0.1, -0.05) is 30.3 Å². The Bertz CT molecular complexity index is 769. The largest absolute Gasteiger partial charge is 0.503 e. The molecule has 1 aromatic rings. The maximum absolute atomic E-state index is 12.5. The number of amides is 3. The van der Waals surface area contributed by atoms with Crippen LogP contribution in [0.1, 0.15) is 37.2 Å². The van der Waals surface area contributed by atoms with Crippen molar-refractivity contribution in [3.05, 3.63) is 47.2 Å². The van der Waals surface area contributed by atoms with Crippen LogP contribution in [0.2, 0.25) is 0 Å². The first-order chi connectivity index (χ1) is 13.5. The third-order valence-electron chi connectivity index (χ3n) is 5.39. The molecule has 1 heterocycles. The van der Waals surface area contributed by atoms with E-state index in [0.717, 1.165) is 25.7 Å². The summed E-state index contributed by atoms with van der Waals surface area (Å²) in [5.41, 5.74) is 1.37. The van der Waals surface area contributed by atoms with Crippen LogP contribution in [-0.4, -0.2) is 58.7 Å². The summed E-state index contributed by atoms with van der Waals surface area (Å²) in [4.78, 5) is 36.3. The first kappa shape index (κ1) is 19.7. The van der Waals surface area contributed by atoms with Gasteiger partial charge >= 0.3 is 6.09 Å². The number of hydrogen-bond acceptors (Lipinski definition) is 4. The van der Waals surface area contributed by atoms with Gasteiger partial charge < -0.3 is 25.7 Å². The Morgan fingerprint density at radius 2 is 1.79 bits per heavy atom. The SMILES string of the molecule is O=C(O)NCCN1CC(C(=O)NC2CCC(c3ccccc3)CC2)=C(O)C1=O. The van der Waals surface area contributed by atoms with Gasteiger partial charge in [0.2, 0.25) is 0 Å². The Hall–Kier alpha value is -3.03. The third-order valence-corrected chi connectivity index (χ3v) is 5.39. The van der Waals surface area contributed by atoms with Crippen LogP contribution in [0.25, 0.3) is 0 Å². The first-order valence-electron chi connectivity index (χ1n) is 9.49. The van der Waals surface area contributed by atoms with Crippen LogP contribution >= 0.6 is 0 Å². The van der Waals surface area contributed by atoms with Gasteiger partial charge in [-0.3, -0.25) is 9.59 Å². The summed E-state index contributed by atoms with van der Waals surface area (Å²) in [5.74, 6) is -1.13. The molecule has 3 rings (SSSR count). The molecule has 3 amide bonds. The predicted octanol–water partition coefficient (Wildman–Crippen LogP) is 1.75. The number of carbonyl (C=O) groups is 3. The molecule has 0 atom stereocenters. The second-order valence-corrected chi connectivity index (χ2v) is 7.22. The van der Waals surface area contributed by atoms with Gasteiger partial charge in [0.15, 0.2) is 5.76 Å². The molecule has 1 fully saturated rings. The first-order valence-corrected chi connectivity index (χ1v) is 9.49. The molecule has 0 radical (unpaired) electrons. The molecule has 8 nitrogen and oxygen atoms in total. The fourth-order valence-electron chi connectivity index (χ4n) is 3.84. The van der Waals surface area contributed by atoms with Gasteiger partial charge in [0, 0.05) is 19.1 Å². The number of nitrogens with zero attached hydrogens (tertiary/aromatic N) is 1. The Balaban J connectivity index is 1.49. The number of aliphatic hydroxyl groups excluding tert-OH is 1. The zero-order valence-electron chi connectivity index (χ0n) is 15.6. The summed E-state index contributed by atoms with van der Waals surface area (Å²) >= 11 is 0. The van der Waals surface area contributed by atoms with E-state index in [4.69, 9.17) is 5.11 Å². The number of carbonyl (C=O) groups excluding carboxylic acids is 2. The standard InChI is InChI=1S/C20H25N3O5/c24-17-16(12-23(19(17)26)11-10-21-20(27)28)18(25)22-15-8-6-14(7-9-15)13-4-2-1-3-5-13/h1-5,14-15,21,24H,6-12H2,(H,22,25)(H,27,28). The molecule has 28 heavy (non-hydrogen) atoms. The quantitative estimate of drug-likeness (QED) is 0.593. The lowest BCUT2D eigenvalue weighted by molar-refractivity contribution is -0.127. The summed E-state index contributed by atoms with van der Waals surface area (Å²) in [5, 5.41) is 23.7. The van der Waals surface area contributed by atoms with Gasteiger partial charge in [0.05, 0.1) is 12.1 Å². The molecule has 4 N–H and O–H groups in total. The molecule has 8 heteroatoms. The number of rotatable bonds is 6. The highest BCUT2D eigenvalue weighted by molar-refractivity contribution is 6.07. The van der Waals surface area contributed by atoms with Gasteiger partial charge in [-0.05, 0) is 37.2 Å². The summed E-state index contributed by atoms with van der Waals surface area (Å²) in [6.07, 6.45) is 2.46. The minimum atomic E-state index is -1.19. The van der Waals surface area contributed by atoms with Gasteiger partial charge in [0.25, 0.3) is 11.8 Å². The molecule has 150 valence electrons. The molecule has 1 aromatic carbocycles. The fourth-order valence-corrected chi connectivity index (χ4v) is 3.84. The highest BCUT2D eigenvalue weighted by Crippen LogP contribution is 2.32. The number of nitrogens with one attached hydrogen (secondary N) is 2. The summed E-state index contributed by atoms with van der Waals surface area (Å²) in [6, 6.07) is 10.3. The Morgan fingerprint density at radius 3 is 2.43 bits per heavy atom. The zero-order valence-corrected chi connectivity index (χ0v) is 15.6. The fraction of sp³-hybridized carbons (Fsp3) is 0.450. The highest BCUT2D eigenvalue weighted by Gasteiger charge is 2.34. The van der Waals surface area contributed by atoms with Crippen LogP contribution in [0.5, 0.6) is 0 Å². The van der Waals surface area contributed by atoms with Crippen LogP contribution in [0.4, 0.5) is 4.79 Å². The lowest BCUT2D eigenvalue weighted by atomic mass is 9.82. The molecule has 0 unspecified atom stereocenters. The Morgan fingerprint density at radius 1 is 1.11 bits per heavy atom. The summed E-state index contributed by atoms with van der Waals surface area (Å²) < 4.78 is 0. The molecule has 0 spiro atoms. The molecule has 0 aromatic heterocycles. The Kier molecular flexibility index (Phi) is 6.18. The van der Waals surface area contributed by atoms with E-state index in [9.17, 15) is 19.5 Å². The van der Waals surface area contributed by atoms with Crippen molar-refractivity contribution in [2.75, 3.05) is 19.6 Å². The van der Waals surface area contributed by atoms with Gasteiger partial charge in [-0.25, -0.2) is 4.79 Å². The van der Waals surface area contributed by atoms with E-state index in [-0.39, 0.29) is 31.2 Å². The third kappa shape index (κ3) is 4.62. The molecular formula is C20H25N3O5. The van der Waals surface area contributed by atoms with Gasteiger partial charge in [0.1, 0.15) is 0 Å². The van der Waals surface area contributed by atoms with Crippen LogP contribution in [0, 0.1) is 0 Å². The van der Waals surface area contributed by atoms with E-state index < -0.39 is 23.7 Å². The van der Waals surface area contributed by atoms with Crippen LogP contribution in [0.3, 0.4) is 0 Å². The van der Waals surface area contributed by atoms with Crippen LogP contribution < -0.4 is 10.6 Å². The van der Waals surface area contributed by atoms with E-state index >= 15 is 0 Å². The van der Waals surface area contributed by atoms with Crippen molar-refractivity contribution in [2.24, 2.45) is 0 Å². The average molecular weight is 387 g/mol. The minimum absolute atomic E-state index is 0.0167. The number of hydrogen-bond donors (Lipinski definition) is 4. The number of aliphatic hydroxyl groups is 1. The van der Waals surface area contributed by atoms with E-state index in [2.05, 4.69) is 22.8 Å². The molecule has 1 aliphatic carbocycles. The van der Waals surface area contributed by atoms with Crippen molar-refractivity contribution >= 4 is 17.9 Å². The van der Waals surface area contributed by atoms with Gasteiger partial charge in [-0.2, -0.15) is 0 Å². The van der Waals surface area contributed by atoms with Crippen LogP contribution in [-0.2, 0) is 9.59 Å². The van der Waals surface area contributed by atoms with Crippen LogP contribution in [0.15, 0.2) is 41.7 Å². The van der Waals surface area contributed by atoms with E-state index in [0.29, 0.717) is 5.92 Å². The maximum Gasteiger partial charge on any atom is 0.404 e.